The second-order valence-electron chi connectivity index (χ2n) is 5.10. The molecule has 0 aliphatic heterocycles. The van der Waals surface area contributed by atoms with Gasteiger partial charge in [0.1, 0.15) is 6.10 Å². The number of carbonyl (C=O) groups is 1. The van der Waals surface area contributed by atoms with Gasteiger partial charge in [-0.3, -0.25) is 4.79 Å². The van der Waals surface area contributed by atoms with Gasteiger partial charge in [-0.15, -0.1) is 0 Å². The lowest BCUT2D eigenvalue weighted by molar-refractivity contribution is -0.152. The fraction of sp³-hybridized carbons (Fsp3) is 0.929. The minimum Gasteiger partial charge on any atom is -0.462 e. The number of ether oxygens (including phenoxy) is 1. The smallest absolute Gasteiger partial charge is 0.308 e. The van der Waals surface area contributed by atoms with Gasteiger partial charge in [-0.2, -0.15) is 0 Å². The molecule has 0 amide bonds. The predicted molar refractivity (Wildman–Crippen MR) is 67.7 cm³/mol. The van der Waals surface area contributed by atoms with E-state index in [2.05, 4.69) is 6.92 Å². The van der Waals surface area contributed by atoms with E-state index in [1.165, 1.54) is 6.42 Å². The molecule has 0 bridgehead atoms. The summed E-state index contributed by atoms with van der Waals surface area (Å²) < 4.78 is 5.37. The van der Waals surface area contributed by atoms with Crippen LogP contribution in [0.15, 0.2) is 0 Å². The minimum absolute atomic E-state index is 0.110. The Labute approximate surface area is 105 Å². The summed E-state index contributed by atoms with van der Waals surface area (Å²) >= 11 is 0. The molecule has 0 aromatic rings. The molecule has 0 heterocycles. The van der Waals surface area contributed by atoms with Gasteiger partial charge in [0.15, 0.2) is 0 Å². The van der Waals surface area contributed by atoms with Gasteiger partial charge in [0, 0.05) is 0 Å². The van der Waals surface area contributed by atoms with Crippen molar-refractivity contribution in [2.45, 2.75) is 83.3 Å². The Bertz CT molecular complexity index is 210. The Hall–Kier alpha value is -0.570. The Morgan fingerprint density at radius 3 is 2.65 bits per heavy atom. The normalized spacial score (nSPS) is 18.9. The van der Waals surface area contributed by atoms with E-state index in [0.29, 0.717) is 6.42 Å². The van der Waals surface area contributed by atoms with Gasteiger partial charge in [0.25, 0.3) is 0 Å². The van der Waals surface area contributed by atoms with Gasteiger partial charge < -0.3 is 9.84 Å². The summed E-state index contributed by atoms with van der Waals surface area (Å²) in [5.41, 5.74) is 0. The van der Waals surface area contributed by atoms with Crippen molar-refractivity contribution in [1.29, 1.82) is 0 Å². The quantitative estimate of drug-likeness (QED) is 0.551. The van der Waals surface area contributed by atoms with E-state index in [0.717, 1.165) is 44.9 Å². The van der Waals surface area contributed by atoms with Crippen LogP contribution >= 0.6 is 0 Å². The molecule has 1 aliphatic carbocycles. The van der Waals surface area contributed by atoms with Crippen LogP contribution in [0.1, 0.15) is 71.1 Å². The zero-order valence-electron chi connectivity index (χ0n) is 11.0. The average molecular weight is 242 g/mol. The van der Waals surface area contributed by atoms with E-state index in [1.54, 1.807) is 0 Å². The molecule has 0 spiro atoms. The third-order valence-electron chi connectivity index (χ3n) is 3.39. The van der Waals surface area contributed by atoms with Crippen molar-refractivity contribution in [2.24, 2.45) is 0 Å². The average Bonchev–Trinajstić information content (AvgIpc) is 2.30. The van der Waals surface area contributed by atoms with E-state index in [-0.39, 0.29) is 18.5 Å². The van der Waals surface area contributed by atoms with Crippen LogP contribution in [0.2, 0.25) is 0 Å². The molecule has 1 saturated carbocycles. The number of rotatable bonds is 7. The molecular formula is C14H26O3. The molecule has 1 aliphatic rings. The molecule has 0 aromatic heterocycles. The number of hydrogen-bond donors (Lipinski definition) is 1. The summed E-state index contributed by atoms with van der Waals surface area (Å²) in [6.07, 6.45) is 9.31. The summed E-state index contributed by atoms with van der Waals surface area (Å²) in [7, 11) is 0. The zero-order valence-corrected chi connectivity index (χ0v) is 11.0. The lowest BCUT2D eigenvalue weighted by Crippen LogP contribution is -2.23. The fourth-order valence-corrected chi connectivity index (χ4v) is 2.34. The summed E-state index contributed by atoms with van der Waals surface area (Å²) in [6.45, 7) is 2.13. The number of esters is 1. The van der Waals surface area contributed by atoms with Crippen LogP contribution in [0.3, 0.4) is 0 Å². The van der Waals surface area contributed by atoms with Gasteiger partial charge in [0.2, 0.25) is 0 Å². The third-order valence-corrected chi connectivity index (χ3v) is 3.39. The summed E-state index contributed by atoms with van der Waals surface area (Å²) in [4.78, 5) is 11.6. The molecule has 0 saturated heterocycles. The molecule has 1 N–H and O–H groups in total. The van der Waals surface area contributed by atoms with Crippen molar-refractivity contribution in [1.82, 2.24) is 0 Å². The van der Waals surface area contributed by atoms with Crippen molar-refractivity contribution < 1.29 is 14.6 Å². The molecule has 1 rings (SSSR count). The topological polar surface area (TPSA) is 46.5 Å². The zero-order chi connectivity index (χ0) is 12.5. The van der Waals surface area contributed by atoms with Crippen molar-refractivity contribution >= 4 is 5.97 Å². The molecule has 1 fully saturated rings. The van der Waals surface area contributed by atoms with Crippen molar-refractivity contribution in [2.75, 3.05) is 0 Å². The maximum absolute atomic E-state index is 11.6. The number of aliphatic hydroxyl groups is 1. The second kappa shape index (κ2) is 8.51. The van der Waals surface area contributed by atoms with E-state index >= 15 is 0 Å². The first-order valence-corrected chi connectivity index (χ1v) is 7.10. The van der Waals surface area contributed by atoms with Crippen LogP contribution in [0.4, 0.5) is 0 Å². The summed E-state index contributed by atoms with van der Waals surface area (Å²) in [5.74, 6) is -0.221. The van der Waals surface area contributed by atoms with Crippen molar-refractivity contribution in [3.8, 4) is 0 Å². The third kappa shape index (κ3) is 6.67. The van der Waals surface area contributed by atoms with Crippen LogP contribution in [-0.2, 0) is 9.53 Å². The monoisotopic (exact) mass is 242 g/mol. The first kappa shape index (κ1) is 14.5. The molecule has 3 heteroatoms. The molecule has 0 aromatic carbocycles. The van der Waals surface area contributed by atoms with Crippen molar-refractivity contribution in [3.63, 3.8) is 0 Å². The lowest BCUT2D eigenvalue weighted by atomic mass is 9.98. The molecule has 17 heavy (non-hydrogen) atoms. The van der Waals surface area contributed by atoms with Crippen LogP contribution < -0.4 is 0 Å². The highest BCUT2D eigenvalue weighted by atomic mass is 16.5. The van der Waals surface area contributed by atoms with Crippen LogP contribution in [0.5, 0.6) is 0 Å². The van der Waals surface area contributed by atoms with E-state index in [9.17, 15) is 9.90 Å². The van der Waals surface area contributed by atoms with Gasteiger partial charge >= 0.3 is 5.97 Å². The highest BCUT2D eigenvalue weighted by molar-refractivity contribution is 5.70. The highest BCUT2D eigenvalue weighted by Gasteiger charge is 2.19. The summed E-state index contributed by atoms with van der Waals surface area (Å²) in [5, 5.41) is 9.67. The molecule has 0 radical (unpaired) electrons. The minimum atomic E-state index is -0.516. The number of carbonyl (C=O) groups excluding carboxylic acids is 1. The van der Waals surface area contributed by atoms with Gasteiger partial charge in [0.05, 0.1) is 12.5 Å². The molecular weight excluding hydrogens is 216 g/mol. The van der Waals surface area contributed by atoms with Crippen LogP contribution in [-0.4, -0.2) is 23.3 Å². The lowest BCUT2D eigenvalue weighted by Gasteiger charge is -2.22. The van der Waals surface area contributed by atoms with Gasteiger partial charge in [-0.05, 0) is 32.1 Å². The largest absolute Gasteiger partial charge is 0.462 e. The van der Waals surface area contributed by atoms with E-state index in [4.69, 9.17) is 4.74 Å². The number of hydrogen-bond acceptors (Lipinski definition) is 3. The SMILES string of the molecule is CCCCCC(O)CC(=O)OC1CCCCC1. The van der Waals surface area contributed by atoms with Crippen molar-refractivity contribution in [3.05, 3.63) is 0 Å². The number of aliphatic hydroxyl groups excluding tert-OH is 1. The maximum atomic E-state index is 11.6. The maximum Gasteiger partial charge on any atom is 0.308 e. The Balaban J connectivity index is 2.10. The van der Waals surface area contributed by atoms with E-state index < -0.39 is 6.10 Å². The molecule has 3 nitrogen and oxygen atoms in total. The molecule has 1 atom stereocenters. The second-order valence-corrected chi connectivity index (χ2v) is 5.10. The van der Waals surface area contributed by atoms with Gasteiger partial charge in [-0.1, -0.05) is 32.6 Å². The summed E-state index contributed by atoms with van der Waals surface area (Å²) in [6, 6.07) is 0. The molecule has 100 valence electrons. The highest BCUT2D eigenvalue weighted by Crippen LogP contribution is 2.21. The first-order chi connectivity index (χ1) is 8.22. The Morgan fingerprint density at radius 1 is 1.29 bits per heavy atom. The van der Waals surface area contributed by atoms with Crippen LogP contribution in [0, 0.1) is 0 Å². The first-order valence-electron chi connectivity index (χ1n) is 7.10. The van der Waals surface area contributed by atoms with Crippen LogP contribution in [0.25, 0.3) is 0 Å². The number of unbranched alkanes of at least 4 members (excludes halogenated alkanes) is 2. The van der Waals surface area contributed by atoms with E-state index in [1.807, 2.05) is 0 Å². The molecule has 1 unspecified atom stereocenters. The fourth-order valence-electron chi connectivity index (χ4n) is 2.34. The Morgan fingerprint density at radius 2 is 2.00 bits per heavy atom. The van der Waals surface area contributed by atoms with Gasteiger partial charge in [-0.25, -0.2) is 0 Å². The predicted octanol–water partition coefficient (Wildman–Crippen LogP) is 3.19. The standard InChI is InChI=1S/C14H26O3/c1-2-3-5-8-12(15)11-14(16)17-13-9-6-4-7-10-13/h12-13,15H,2-11H2,1H3. The Kier molecular flexibility index (Phi) is 7.25.